The third-order valence-electron chi connectivity index (χ3n) is 3.65. The minimum absolute atomic E-state index is 0.433. The number of hydrogen-bond donors (Lipinski definition) is 2. The second-order valence-corrected chi connectivity index (χ2v) is 6.94. The molecule has 1 amide bonds. The van der Waals surface area contributed by atoms with Gasteiger partial charge in [0.25, 0.3) is 0 Å². The molecule has 0 radical (unpaired) electrons. The van der Waals surface area contributed by atoms with Crippen LogP contribution in [0.3, 0.4) is 0 Å². The smallest absolute Gasteiger partial charge is 0.408 e. The number of piperidine rings is 1. The number of nitrogens with zero attached hydrogens (tertiary/aromatic N) is 1. The maximum atomic E-state index is 11.6. The molecule has 1 unspecified atom stereocenters. The molecule has 0 aromatic carbocycles. The zero-order valence-corrected chi connectivity index (χ0v) is 14.1. The minimum Gasteiger partial charge on any atom is -0.480 e. The van der Waals surface area contributed by atoms with Crippen LogP contribution in [0, 0.1) is 0 Å². The van der Waals surface area contributed by atoms with Crippen LogP contribution in [-0.2, 0) is 9.53 Å². The Morgan fingerprint density at radius 3 is 2.36 bits per heavy atom. The SMILES string of the molecule is CC(C)(C)OC(=O)NC(CCCCN1CCCCC1)C(=O)O. The van der Waals surface area contributed by atoms with Crippen molar-refractivity contribution in [1.29, 1.82) is 0 Å². The van der Waals surface area contributed by atoms with E-state index in [9.17, 15) is 14.7 Å². The summed E-state index contributed by atoms with van der Waals surface area (Å²) in [5, 5.41) is 11.6. The molecule has 1 heterocycles. The maximum Gasteiger partial charge on any atom is 0.408 e. The minimum atomic E-state index is -1.01. The highest BCUT2D eigenvalue weighted by Gasteiger charge is 2.23. The number of likely N-dealkylation sites (tertiary alicyclic amines) is 1. The third-order valence-corrected chi connectivity index (χ3v) is 3.65. The summed E-state index contributed by atoms with van der Waals surface area (Å²) in [4.78, 5) is 25.3. The molecule has 1 saturated heterocycles. The summed E-state index contributed by atoms with van der Waals surface area (Å²) in [6.45, 7) is 8.57. The Kier molecular flexibility index (Phi) is 7.65. The Morgan fingerprint density at radius 1 is 1.18 bits per heavy atom. The Bertz CT molecular complexity index is 360. The van der Waals surface area contributed by atoms with Gasteiger partial charge in [-0.1, -0.05) is 6.42 Å². The van der Waals surface area contributed by atoms with Gasteiger partial charge in [0, 0.05) is 0 Å². The fourth-order valence-corrected chi connectivity index (χ4v) is 2.57. The first kappa shape index (κ1) is 18.7. The third kappa shape index (κ3) is 8.22. The number of carboxylic acid groups (broad SMARTS) is 1. The number of ether oxygens (including phenoxy) is 1. The molecule has 22 heavy (non-hydrogen) atoms. The number of hydrogen-bond acceptors (Lipinski definition) is 4. The Labute approximate surface area is 133 Å². The standard InChI is InChI=1S/C16H30N2O4/c1-16(2,3)22-15(21)17-13(14(19)20)9-5-8-12-18-10-6-4-7-11-18/h13H,4-12H2,1-3H3,(H,17,21)(H,19,20). The molecule has 0 aromatic rings. The van der Waals surface area contributed by atoms with E-state index in [1.807, 2.05) is 0 Å². The van der Waals surface area contributed by atoms with Gasteiger partial charge in [0.1, 0.15) is 11.6 Å². The zero-order chi connectivity index (χ0) is 16.6. The first-order valence-corrected chi connectivity index (χ1v) is 8.22. The largest absolute Gasteiger partial charge is 0.480 e. The highest BCUT2D eigenvalue weighted by Crippen LogP contribution is 2.11. The van der Waals surface area contributed by atoms with Gasteiger partial charge in [-0.15, -0.1) is 0 Å². The molecule has 2 N–H and O–H groups in total. The summed E-state index contributed by atoms with van der Waals surface area (Å²) in [6.07, 6.45) is 5.34. The molecule has 1 aliphatic heterocycles. The van der Waals surface area contributed by atoms with Crippen LogP contribution in [0.1, 0.15) is 59.3 Å². The summed E-state index contributed by atoms with van der Waals surface area (Å²) in [6, 6.07) is -0.879. The second kappa shape index (κ2) is 8.98. The second-order valence-electron chi connectivity index (χ2n) is 6.94. The van der Waals surface area contributed by atoms with Crippen LogP contribution >= 0.6 is 0 Å². The monoisotopic (exact) mass is 314 g/mol. The fraction of sp³-hybridized carbons (Fsp3) is 0.875. The number of unbranched alkanes of at least 4 members (excludes halogenated alkanes) is 1. The van der Waals surface area contributed by atoms with Crippen LogP contribution in [0.5, 0.6) is 0 Å². The normalized spacial score (nSPS) is 17.8. The average molecular weight is 314 g/mol. The highest BCUT2D eigenvalue weighted by molar-refractivity contribution is 5.79. The lowest BCUT2D eigenvalue weighted by molar-refractivity contribution is -0.139. The summed E-state index contributed by atoms with van der Waals surface area (Å²) in [7, 11) is 0. The van der Waals surface area contributed by atoms with Gasteiger partial charge in [0.05, 0.1) is 0 Å². The van der Waals surface area contributed by atoms with Gasteiger partial charge in [-0.2, -0.15) is 0 Å². The Morgan fingerprint density at radius 2 is 1.82 bits per heavy atom. The number of rotatable bonds is 7. The molecular weight excluding hydrogens is 284 g/mol. The molecule has 1 fully saturated rings. The molecule has 128 valence electrons. The van der Waals surface area contributed by atoms with Crippen molar-refractivity contribution in [2.24, 2.45) is 0 Å². The number of carboxylic acids is 1. The van der Waals surface area contributed by atoms with Gasteiger partial charge in [-0.25, -0.2) is 9.59 Å². The van der Waals surface area contributed by atoms with Crippen molar-refractivity contribution in [1.82, 2.24) is 10.2 Å². The molecule has 0 spiro atoms. The predicted octanol–water partition coefficient (Wildman–Crippen LogP) is 2.62. The van der Waals surface area contributed by atoms with E-state index in [4.69, 9.17) is 4.74 Å². The number of nitrogens with one attached hydrogen (secondary N) is 1. The zero-order valence-electron chi connectivity index (χ0n) is 14.1. The average Bonchev–Trinajstić information content (AvgIpc) is 2.41. The van der Waals surface area contributed by atoms with Crippen molar-refractivity contribution in [2.45, 2.75) is 70.9 Å². The quantitative estimate of drug-likeness (QED) is 0.706. The molecule has 0 bridgehead atoms. The Balaban J connectivity index is 2.25. The van der Waals surface area contributed by atoms with Crippen molar-refractivity contribution in [3.05, 3.63) is 0 Å². The van der Waals surface area contributed by atoms with Crippen LogP contribution in [0.25, 0.3) is 0 Å². The van der Waals surface area contributed by atoms with Gasteiger partial charge < -0.3 is 20.1 Å². The molecule has 6 heteroatoms. The fourth-order valence-electron chi connectivity index (χ4n) is 2.57. The van der Waals surface area contributed by atoms with E-state index in [1.54, 1.807) is 20.8 Å². The predicted molar refractivity (Wildman–Crippen MR) is 84.9 cm³/mol. The summed E-state index contributed by atoms with van der Waals surface area (Å²) < 4.78 is 5.10. The van der Waals surface area contributed by atoms with Crippen LogP contribution < -0.4 is 5.32 Å². The molecule has 0 aliphatic carbocycles. The van der Waals surface area contributed by atoms with E-state index >= 15 is 0 Å². The molecular formula is C16H30N2O4. The van der Waals surface area contributed by atoms with Crippen molar-refractivity contribution < 1.29 is 19.4 Å². The summed E-state index contributed by atoms with van der Waals surface area (Å²) in [5.41, 5.74) is -0.624. The van der Waals surface area contributed by atoms with Gasteiger partial charge in [-0.05, 0) is 72.5 Å². The Hall–Kier alpha value is -1.30. The van der Waals surface area contributed by atoms with Gasteiger partial charge in [-0.3, -0.25) is 0 Å². The van der Waals surface area contributed by atoms with Crippen molar-refractivity contribution in [3.63, 3.8) is 0 Å². The van der Waals surface area contributed by atoms with Crippen molar-refractivity contribution in [3.8, 4) is 0 Å². The lowest BCUT2D eigenvalue weighted by Crippen LogP contribution is -2.43. The topological polar surface area (TPSA) is 78.9 Å². The summed E-state index contributed by atoms with van der Waals surface area (Å²) in [5.74, 6) is -1.01. The molecule has 0 aromatic heterocycles. The van der Waals surface area contributed by atoms with E-state index in [0.717, 1.165) is 32.5 Å². The first-order chi connectivity index (χ1) is 10.3. The van der Waals surface area contributed by atoms with Crippen LogP contribution in [0.2, 0.25) is 0 Å². The van der Waals surface area contributed by atoms with Crippen molar-refractivity contribution >= 4 is 12.1 Å². The molecule has 0 saturated carbocycles. The maximum absolute atomic E-state index is 11.6. The number of aliphatic carboxylic acids is 1. The highest BCUT2D eigenvalue weighted by atomic mass is 16.6. The molecule has 6 nitrogen and oxygen atoms in total. The van der Waals surface area contributed by atoms with Crippen LogP contribution in [0.15, 0.2) is 0 Å². The van der Waals surface area contributed by atoms with Gasteiger partial charge >= 0.3 is 12.1 Å². The first-order valence-electron chi connectivity index (χ1n) is 8.22. The number of amides is 1. The van der Waals surface area contributed by atoms with E-state index in [0.29, 0.717) is 6.42 Å². The van der Waals surface area contributed by atoms with E-state index in [-0.39, 0.29) is 0 Å². The van der Waals surface area contributed by atoms with Gasteiger partial charge in [0.15, 0.2) is 0 Å². The number of alkyl carbamates (subject to hydrolysis) is 1. The van der Waals surface area contributed by atoms with Crippen LogP contribution in [0.4, 0.5) is 4.79 Å². The number of carbonyl (C=O) groups is 2. The number of carbonyl (C=O) groups excluding carboxylic acids is 1. The molecule has 1 atom stereocenters. The molecule has 1 rings (SSSR count). The van der Waals surface area contributed by atoms with E-state index in [1.165, 1.54) is 19.3 Å². The van der Waals surface area contributed by atoms with E-state index < -0.39 is 23.7 Å². The molecule has 1 aliphatic rings. The summed E-state index contributed by atoms with van der Waals surface area (Å²) >= 11 is 0. The lowest BCUT2D eigenvalue weighted by Gasteiger charge is -2.26. The van der Waals surface area contributed by atoms with Crippen LogP contribution in [-0.4, -0.2) is 53.3 Å². The van der Waals surface area contributed by atoms with E-state index in [2.05, 4.69) is 10.2 Å². The van der Waals surface area contributed by atoms with Crippen molar-refractivity contribution in [2.75, 3.05) is 19.6 Å². The van der Waals surface area contributed by atoms with Gasteiger partial charge in [0.2, 0.25) is 0 Å². The lowest BCUT2D eigenvalue weighted by atomic mass is 10.1.